The normalized spacial score (nSPS) is 12.8. The molecule has 0 aliphatic rings. The SMILES string of the molecule is COC[C@@H](C)NCc1nc(Cc2cccs2)no1. The Morgan fingerprint density at radius 3 is 3.17 bits per heavy atom. The van der Waals surface area contributed by atoms with Crippen molar-refractivity contribution in [1.82, 2.24) is 15.5 Å². The molecule has 2 aromatic heterocycles. The summed E-state index contributed by atoms with van der Waals surface area (Å²) in [7, 11) is 1.68. The van der Waals surface area contributed by atoms with Gasteiger partial charge in [0.1, 0.15) is 0 Å². The number of methoxy groups -OCH3 is 1. The van der Waals surface area contributed by atoms with E-state index in [4.69, 9.17) is 9.26 Å². The first-order valence-corrected chi connectivity index (χ1v) is 6.72. The summed E-state index contributed by atoms with van der Waals surface area (Å²) in [4.78, 5) is 5.58. The molecule has 6 heteroatoms. The van der Waals surface area contributed by atoms with Crippen LogP contribution in [0.3, 0.4) is 0 Å². The van der Waals surface area contributed by atoms with Gasteiger partial charge < -0.3 is 14.6 Å². The highest BCUT2D eigenvalue weighted by atomic mass is 32.1. The molecule has 0 bridgehead atoms. The average molecular weight is 267 g/mol. The molecule has 2 aromatic rings. The van der Waals surface area contributed by atoms with Gasteiger partial charge in [0.2, 0.25) is 5.89 Å². The topological polar surface area (TPSA) is 60.2 Å². The minimum Gasteiger partial charge on any atom is -0.383 e. The van der Waals surface area contributed by atoms with Crippen LogP contribution < -0.4 is 5.32 Å². The molecule has 1 N–H and O–H groups in total. The Balaban J connectivity index is 1.82. The van der Waals surface area contributed by atoms with Gasteiger partial charge in [-0.2, -0.15) is 4.98 Å². The molecule has 0 aliphatic carbocycles. The Kier molecular flexibility index (Phi) is 4.86. The fraction of sp³-hybridized carbons (Fsp3) is 0.500. The Labute approximate surface area is 110 Å². The van der Waals surface area contributed by atoms with Gasteiger partial charge in [0.25, 0.3) is 0 Å². The number of aromatic nitrogens is 2. The number of nitrogens with one attached hydrogen (secondary N) is 1. The smallest absolute Gasteiger partial charge is 0.240 e. The first kappa shape index (κ1) is 13.2. The molecule has 0 spiro atoms. The van der Waals surface area contributed by atoms with E-state index in [1.807, 2.05) is 18.4 Å². The van der Waals surface area contributed by atoms with Crippen molar-refractivity contribution in [2.75, 3.05) is 13.7 Å². The van der Waals surface area contributed by atoms with E-state index in [-0.39, 0.29) is 6.04 Å². The molecule has 0 saturated carbocycles. The van der Waals surface area contributed by atoms with Crippen molar-refractivity contribution in [2.24, 2.45) is 0 Å². The zero-order valence-corrected chi connectivity index (χ0v) is 11.4. The van der Waals surface area contributed by atoms with Crippen molar-refractivity contribution in [3.8, 4) is 0 Å². The third kappa shape index (κ3) is 3.90. The third-order valence-electron chi connectivity index (χ3n) is 2.44. The van der Waals surface area contributed by atoms with Gasteiger partial charge in [-0.1, -0.05) is 11.2 Å². The van der Waals surface area contributed by atoms with Gasteiger partial charge in [-0.05, 0) is 18.4 Å². The number of thiophene rings is 1. The Bertz CT molecular complexity index is 456. The van der Waals surface area contributed by atoms with Crippen molar-refractivity contribution in [3.05, 3.63) is 34.1 Å². The van der Waals surface area contributed by atoms with Crippen LogP contribution in [0, 0.1) is 0 Å². The summed E-state index contributed by atoms with van der Waals surface area (Å²) >= 11 is 1.70. The Hall–Kier alpha value is -1.24. The lowest BCUT2D eigenvalue weighted by Gasteiger charge is -2.09. The van der Waals surface area contributed by atoms with E-state index >= 15 is 0 Å². The minimum atomic E-state index is 0.266. The van der Waals surface area contributed by atoms with E-state index < -0.39 is 0 Å². The maximum atomic E-state index is 5.18. The van der Waals surface area contributed by atoms with Crippen LogP contribution >= 0.6 is 11.3 Å². The third-order valence-corrected chi connectivity index (χ3v) is 3.32. The van der Waals surface area contributed by atoms with Crippen LogP contribution in [0.4, 0.5) is 0 Å². The molecule has 98 valence electrons. The van der Waals surface area contributed by atoms with Crippen LogP contribution in [-0.2, 0) is 17.7 Å². The van der Waals surface area contributed by atoms with Gasteiger partial charge >= 0.3 is 0 Å². The standard InChI is InChI=1S/C12H17N3O2S/c1-9(8-16-2)13-7-12-14-11(15-17-12)6-10-4-3-5-18-10/h3-5,9,13H,6-8H2,1-2H3/t9-/m1/s1. The molecule has 0 fully saturated rings. The quantitative estimate of drug-likeness (QED) is 0.829. The average Bonchev–Trinajstić information content (AvgIpc) is 2.99. The summed E-state index contributed by atoms with van der Waals surface area (Å²) in [5, 5.41) is 9.26. The highest BCUT2D eigenvalue weighted by molar-refractivity contribution is 7.09. The molecule has 0 saturated heterocycles. The second kappa shape index (κ2) is 6.63. The van der Waals surface area contributed by atoms with Gasteiger partial charge in [0, 0.05) is 24.4 Å². The summed E-state index contributed by atoms with van der Waals surface area (Å²) in [5.74, 6) is 1.35. The van der Waals surface area contributed by atoms with Gasteiger partial charge in [0.15, 0.2) is 5.82 Å². The number of nitrogens with zero attached hydrogens (tertiary/aromatic N) is 2. The monoisotopic (exact) mass is 267 g/mol. The molecule has 2 rings (SSSR count). The summed E-state index contributed by atoms with van der Waals surface area (Å²) in [5.41, 5.74) is 0. The number of hydrogen-bond acceptors (Lipinski definition) is 6. The van der Waals surface area contributed by atoms with Crippen molar-refractivity contribution in [1.29, 1.82) is 0 Å². The van der Waals surface area contributed by atoms with E-state index in [0.29, 0.717) is 19.0 Å². The van der Waals surface area contributed by atoms with Gasteiger partial charge in [-0.25, -0.2) is 0 Å². The molecular formula is C12H17N3O2S. The van der Waals surface area contributed by atoms with Crippen LogP contribution in [0.25, 0.3) is 0 Å². The molecule has 5 nitrogen and oxygen atoms in total. The van der Waals surface area contributed by atoms with E-state index in [0.717, 1.165) is 12.2 Å². The predicted octanol–water partition coefficient (Wildman–Crippen LogP) is 1.85. The molecule has 0 unspecified atom stereocenters. The lowest BCUT2D eigenvalue weighted by atomic mass is 10.3. The highest BCUT2D eigenvalue weighted by Crippen LogP contribution is 2.12. The summed E-state index contributed by atoms with van der Waals surface area (Å²) in [6.45, 7) is 3.28. The van der Waals surface area contributed by atoms with Crippen LogP contribution in [0.5, 0.6) is 0 Å². The van der Waals surface area contributed by atoms with Crippen LogP contribution in [0.1, 0.15) is 23.5 Å². The maximum absolute atomic E-state index is 5.18. The summed E-state index contributed by atoms with van der Waals surface area (Å²) in [6.07, 6.45) is 0.731. The van der Waals surface area contributed by atoms with Gasteiger partial charge in [0.05, 0.1) is 13.2 Å². The molecule has 0 aromatic carbocycles. The fourth-order valence-corrected chi connectivity index (χ4v) is 2.27. The van der Waals surface area contributed by atoms with Crippen LogP contribution in [0.2, 0.25) is 0 Å². The number of ether oxygens (including phenoxy) is 1. The highest BCUT2D eigenvalue weighted by Gasteiger charge is 2.08. The largest absolute Gasteiger partial charge is 0.383 e. The summed E-state index contributed by atoms with van der Waals surface area (Å²) in [6, 6.07) is 4.36. The lowest BCUT2D eigenvalue weighted by molar-refractivity contribution is 0.169. The van der Waals surface area contributed by atoms with Gasteiger partial charge in [-0.3, -0.25) is 0 Å². The zero-order valence-electron chi connectivity index (χ0n) is 10.5. The predicted molar refractivity (Wildman–Crippen MR) is 69.6 cm³/mol. The van der Waals surface area contributed by atoms with Crippen LogP contribution in [0.15, 0.2) is 22.0 Å². The molecule has 0 aliphatic heterocycles. The summed E-state index contributed by atoms with van der Waals surface area (Å²) < 4.78 is 10.2. The second-order valence-electron chi connectivity index (χ2n) is 4.10. The lowest BCUT2D eigenvalue weighted by Crippen LogP contribution is -2.29. The van der Waals surface area contributed by atoms with E-state index in [9.17, 15) is 0 Å². The van der Waals surface area contributed by atoms with Crippen molar-refractivity contribution in [2.45, 2.75) is 25.9 Å². The molecule has 18 heavy (non-hydrogen) atoms. The Morgan fingerprint density at radius 2 is 2.44 bits per heavy atom. The van der Waals surface area contributed by atoms with E-state index in [2.05, 4.69) is 21.5 Å². The molecule has 1 atom stereocenters. The zero-order chi connectivity index (χ0) is 12.8. The van der Waals surface area contributed by atoms with E-state index in [1.165, 1.54) is 4.88 Å². The second-order valence-corrected chi connectivity index (χ2v) is 5.13. The number of hydrogen-bond donors (Lipinski definition) is 1. The van der Waals surface area contributed by atoms with E-state index in [1.54, 1.807) is 18.4 Å². The molecule has 0 radical (unpaired) electrons. The molecule has 2 heterocycles. The van der Waals surface area contributed by atoms with Crippen molar-refractivity contribution < 1.29 is 9.26 Å². The first-order valence-electron chi connectivity index (χ1n) is 5.84. The fourth-order valence-electron chi connectivity index (χ4n) is 1.57. The molecule has 0 amide bonds. The van der Waals surface area contributed by atoms with Crippen molar-refractivity contribution in [3.63, 3.8) is 0 Å². The number of rotatable bonds is 7. The first-order chi connectivity index (χ1) is 8.78. The van der Waals surface area contributed by atoms with Crippen LogP contribution in [-0.4, -0.2) is 29.9 Å². The van der Waals surface area contributed by atoms with Gasteiger partial charge in [-0.15, -0.1) is 11.3 Å². The minimum absolute atomic E-state index is 0.266. The molecular weight excluding hydrogens is 250 g/mol. The maximum Gasteiger partial charge on any atom is 0.240 e. The Morgan fingerprint density at radius 1 is 1.56 bits per heavy atom. The van der Waals surface area contributed by atoms with Crippen molar-refractivity contribution >= 4 is 11.3 Å².